The number of aryl methyl sites for hydroxylation is 1. The summed E-state index contributed by atoms with van der Waals surface area (Å²) in [7, 11) is 0. The second-order valence-corrected chi connectivity index (χ2v) is 5.36. The highest BCUT2D eigenvalue weighted by molar-refractivity contribution is 9.10. The van der Waals surface area contributed by atoms with E-state index >= 15 is 0 Å². The Kier molecular flexibility index (Phi) is 3.97. The van der Waals surface area contributed by atoms with Crippen LogP contribution in [0.15, 0.2) is 35.1 Å². The highest BCUT2D eigenvalue weighted by atomic mass is 79.9. The topological polar surface area (TPSA) is 35.0 Å². The van der Waals surface area contributed by atoms with Gasteiger partial charge in [0.05, 0.1) is 5.69 Å². The molecule has 1 heterocycles. The molecule has 0 aliphatic heterocycles. The molecule has 0 amide bonds. The number of benzene rings is 1. The van der Waals surface area contributed by atoms with E-state index in [0.717, 1.165) is 21.5 Å². The summed E-state index contributed by atoms with van der Waals surface area (Å²) in [5.41, 5.74) is 2.05. The van der Waals surface area contributed by atoms with Gasteiger partial charge in [-0.05, 0) is 36.6 Å². The molecule has 0 aliphatic carbocycles. The molecule has 94 valence electrons. The third kappa shape index (κ3) is 3.07. The van der Waals surface area contributed by atoms with Crippen LogP contribution in [0.4, 0.5) is 0 Å². The largest absolute Gasteiger partial charge is 0.439 e. The lowest BCUT2D eigenvalue weighted by Crippen LogP contribution is -1.96. The average Bonchev–Trinajstić information content (AvgIpc) is 2.33. The number of ether oxygens (including phenoxy) is 1. The predicted octanol–water partition coefficient (Wildman–Crippen LogP) is 4.46. The smallest absolute Gasteiger partial charge is 0.222 e. The third-order valence-electron chi connectivity index (χ3n) is 2.61. The van der Waals surface area contributed by atoms with Crippen LogP contribution in [0.5, 0.6) is 11.6 Å². The molecule has 0 spiro atoms. The van der Waals surface area contributed by atoms with Crippen LogP contribution in [-0.2, 0) is 0 Å². The van der Waals surface area contributed by atoms with Crippen molar-refractivity contribution in [3.05, 3.63) is 46.3 Å². The maximum absolute atomic E-state index is 5.78. The Labute approximate surface area is 115 Å². The predicted molar refractivity (Wildman–Crippen MR) is 75.1 cm³/mol. The van der Waals surface area contributed by atoms with E-state index in [1.807, 2.05) is 31.2 Å². The van der Waals surface area contributed by atoms with Gasteiger partial charge in [0.1, 0.15) is 12.1 Å². The van der Waals surface area contributed by atoms with Crippen molar-refractivity contribution >= 4 is 15.9 Å². The number of nitrogens with zero attached hydrogens (tertiary/aromatic N) is 2. The van der Waals surface area contributed by atoms with E-state index in [2.05, 4.69) is 39.7 Å². The van der Waals surface area contributed by atoms with Crippen molar-refractivity contribution < 1.29 is 4.74 Å². The van der Waals surface area contributed by atoms with Gasteiger partial charge < -0.3 is 4.74 Å². The molecule has 0 atom stereocenters. The lowest BCUT2D eigenvalue weighted by Gasteiger charge is -2.09. The van der Waals surface area contributed by atoms with Gasteiger partial charge in [-0.2, -0.15) is 0 Å². The molecule has 0 fully saturated rings. The molecule has 1 aromatic heterocycles. The van der Waals surface area contributed by atoms with Crippen molar-refractivity contribution in [1.29, 1.82) is 0 Å². The molecule has 0 bridgehead atoms. The minimum Gasteiger partial charge on any atom is -0.439 e. The Bertz CT molecular complexity index is 555. The van der Waals surface area contributed by atoms with Crippen molar-refractivity contribution in [2.75, 3.05) is 0 Å². The minimum absolute atomic E-state index is 0.362. The van der Waals surface area contributed by atoms with E-state index in [9.17, 15) is 0 Å². The van der Waals surface area contributed by atoms with Crippen LogP contribution >= 0.6 is 15.9 Å². The molecular weight excluding hydrogens is 292 g/mol. The normalized spacial score (nSPS) is 10.7. The SMILES string of the molecule is Cc1cc(Br)ccc1Oc1cc(C(C)C)ncn1. The lowest BCUT2D eigenvalue weighted by molar-refractivity contribution is 0.456. The molecule has 0 unspecified atom stereocenters. The standard InChI is InChI=1S/C14H15BrN2O/c1-9(2)12-7-14(17-8-16-12)18-13-5-4-11(15)6-10(13)3/h4-9H,1-3H3. The van der Waals surface area contributed by atoms with Gasteiger partial charge in [0.25, 0.3) is 0 Å². The van der Waals surface area contributed by atoms with E-state index < -0.39 is 0 Å². The van der Waals surface area contributed by atoms with Gasteiger partial charge in [-0.15, -0.1) is 0 Å². The first-order valence-electron chi connectivity index (χ1n) is 5.82. The van der Waals surface area contributed by atoms with Crippen LogP contribution < -0.4 is 4.74 Å². The van der Waals surface area contributed by atoms with Crippen LogP contribution in [0.25, 0.3) is 0 Å². The lowest BCUT2D eigenvalue weighted by atomic mass is 10.1. The molecule has 1 aromatic carbocycles. The fourth-order valence-electron chi connectivity index (χ4n) is 1.57. The quantitative estimate of drug-likeness (QED) is 0.839. The molecule has 0 saturated carbocycles. The summed E-state index contributed by atoms with van der Waals surface area (Å²) in [6.45, 7) is 6.19. The molecule has 0 aliphatic rings. The number of rotatable bonds is 3. The van der Waals surface area contributed by atoms with Gasteiger partial charge in [-0.25, -0.2) is 9.97 Å². The number of hydrogen-bond donors (Lipinski definition) is 0. The van der Waals surface area contributed by atoms with Crippen LogP contribution in [-0.4, -0.2) is 9.97 Å². The van der Waals surface area contributed by atoms with Crippen LogP contribution in [0.1, 0.15) is 31.0 Å². The first kappa shape index (κ1) is 13.0. The van der Waals surface area contributed by atoms with E-state index in [4.69, 9.17) is 4.74 Å². The second kappa shape index (κ2) is 5.48. The Morgan fingerprint density at radius 3 is 2.61 bits per heavy atom. The molecule has 4 heteroatoms. The average molecular weight is 307 g/mol. The van der Waals surface area contributed by atoms with Gasteiger partial charge in [0, 0.05) is 10.5 Å². The molecule has 2 aromatic rings. The highest BCUT2D eigenvalue weighted by Gasteiger charge is 2.06. The zero-order valence-corrected chi connectivity index (χ0v) is 12.2. The molecule has 0 N–H and O–H groups in total. The van der Waals surface area contributed by atoms with E-state index in [0.29, 0.717) is 11.8 Å². The van der Waals surface area contributed by atoms with Crippen LogP contribution in [0.3, 0.4) is 0 Å². The fourth-order valence-corrected chi connectivity index (χ4v) is 2.04. The Hall–Kier alpha value is -1.42. The van der Waals surface area contributed by atoms with Gasteiger partial charge in [-0.3, -0.25) is 0 Å². The maximum Gasteiger partial charge on any atom is 0.222 e. The van der Waals surface area contributed by atoms with Crippen LogP contribution in [0, 0.1) is 6.92 Å². The van der Waals surface area contributed by atoms with Crippen molar-refractivity contribution in [3.8, 4) is 11.6 Å². The summed E-state index contributed by atoms with van der Waals surface area (Å²) >= 11 is 3.43. The summed E-state index contributed by atoms with van der Waals surface area (Å²) < 4.78 is 6.82. The molecule has 0 saturated heterocycles. The summed E-state index contributed by atoms with van der Waals surface area (Å²) in [5.74, 6) is 1.76. The third-order valence-corrected chi connectivity index (χ3v) is 3.10. The van der Waals surface area contributed by atoms with Gasteiger partial charge in [0.2, 0.25) is 5.88 Å². The molecule has 2 rings (SSSR count). The second-order valence-electron chi connectivity index (χ2n) is 4.45. The Morgan fingerprint density at radius 2 is 1.94 bits per heavy atom. The Morgan fingerprint density at radius 1 is 1.17 bits per heavy atom. The van der Waals surface area contributed by atoms with Gasteiger partial charge in [-0.1, -0.05) is 29.8 Å². The van der Waals surface area contributed by atoms with Crippen molar-refractivity contribution in [3.63, 3.8) is 0 Å². The minimum atomic E-state index is 0.362. The van der Waals surface area contributed by atoms with Gasteiger partial charge >= 0.3 is 0 Å². The van der Waals surface area contributed by atoms with Crippen LogP contribution in [0.2, 0.25) is 0 Å². The van der Waals surface area contributed by atoms with E-state index in [-0.39, 0.29) is 0 Å². The summed E-state index contributed by atoms with van der Waals surface area (Å²) in [4.78, 5) is 8.35. The van der Waals surface area contributed by atoms with E-state index in [1.54, 1.807) is 6.33 Å². The van der Waals surface area contributed by atoms with E-state index in [1.165, 1.54) is 0 Å². The summed E-state index contributed by atoms with van der Waals surface area (Å²) in [6, 6.07) is 7.77. The summed E-state index contributed by atoms with van der Waals surface area (Å²) in [6.07, 6.45) is 1.54. The highest BCUT2D eigenvalue weighted by Crippen LogP contribution is 2.27. The van der Waals surface area contributed by atoms with Crippen molar-refractivity contribution in [2.45, 2.75) is 26.7 Å². The first-order valence-corrected chi connectivity index (χ1v) is 6.61. The summed E-state index contributed by atoms with van der Waals surface area (Å²) in [5, 5.41) is 0. The Balaban J connectivity index is 2.25. The molecule has 18 heavy (non-hydrogen) atoms. The van der Waals surface area contributed by atoms with Crippen molar-refractivity contribution in [1.82, 2.24) is 9.97 Å². The van der Waals surface area contributed by atoms with Gasteiger partial charge in [0.15, 0.2) is 0 Å². The zero-order chi connectivity index (χ0) is 13.1. The zero-order valence-electron chi connectivity index (χ0n) is 10.6. The number of aromatic nitrogens is 2. The molecule has 0 radical (unpaired) electrons. The maximum atomic E-state index is 5.78. The van der Waals surface area contributed by atoms with Crippen molar-refractivity contribution in [2.24, 2.45) is 0 Å². The first-order chi connectivity index (χ1) is 8.56. The monoisotopic (exact) mass is 306 g/mol. The number of hydrogen-bond acceptors (Lipinski definition) is 3. The molecule has 3 nitrogen and oxygen atoms in total. The molecular formula is C14H15BrN2O. The fraction of sp³-hybridized carbons (Fsp3) is 0.286. The number of halogens is 1.